The Morgan fingerprint density at radius 3 is 2.33 bits per heavy atom. The van der Waals surface area contributed by atoms with Crippen molar-refractivity contribution in [3.05, 3.63) is 90.0 Å². The van der Waals surface area contributed by atoms with Crippen LogP contribution >= 0.6 is 0 Å². The summed E-state index contributed by atoms with van der Waals surface area (Å²) in [5.41, 5.74) is 1.38. The van der Waals surface area contributed by atoms with Crippen LogP contribution in [0.15, 0.2) is 78.9 Å². The first-order valence-electron chi connectivity index (χ1n) is 9.81. The van der Waals surface area contributed by atoms with E-state index in [1.165, 1.54) is 0 Å². The molecule has 1 saturated heterocycles. The average Bonchev–Trinajstić information content (AvgIpc) is 2.80. The maximum Gasteiger partial charge on any atom is 0.256 e. The molecule has 152 valence electrons. The van der Waals surface area contributed by atoms with Crippen molar-refractivity contribution in [2.45, 2.75) is 0 Å². The lowest BCUT2D eigenvalue weighted by molar-refractivity contribution is 0.0303. The molecule has 0 aliphatic carbocycles. The minimum atomic E-state index is -0.310. The predicted octanol–water partition coefficient (Wildman–Crippen LogP) is 4.20. The van der Waals surface area contributed by atoms with Gasteiger partial charge in [0.15, 0.2) is 0 Å². The van der Waals surface area contributed by atoms with E-state index in [1.807, 2.05) is 30.3 Å². The van der Waals surface area contributed by atoms with Crippen LogP contribution in [0, 0.1) is 0 Å². The molecule has 3 aromatic carbocycles. The molecule has 0 radical (unpaired) electrons. The number of hydrogen-bond donors (Lipinski definition) is 1. The van der Waals surface area contributed by atoms with E-state index in [9.17, 15) is 9.59 Å². The van der Waals surface area contributed by atoms with Crippen LogP contribution < -0.4 is 10.1 Å². The molecule has 1 N–H and O–H groups in total. The van der Waals surface area contributed by atoms with Gasteiger partial charge in [-0.3, -0.25) is 9.59 Å². The second-order valence-electron chi connectivity index (χ2n) is 6.85. The number of para-hydroxylation sites is 2. The zero-order chi connectivity index (χ0) is 20.8. The molecule has 0 saturated carbocycles. The molecule has 6 heteroatoms. The molecule has 0 aromatic heterocycles. The van der Waals surface area contributed by atoms with Gasteiger partial charge in [0.25, 0.3) is 11.8 Å². The summed E-state index contributed by atoms with van der Waals surface area (Å²) in [7, 11) is 0. The number of anilines is 1. The predicted molar refractivity (Wildman–Crippen MR) is 114 cm³/mol. The van der Waals surface area contributed by atoms with Gasteiger partial charge in [-0.15, -0.1) is 0 Å². The summed E-state index contributed by atoms with van der Waals surface area (Å²) in [6, 6.07) is 23.3. The Morgan fingerprint density at radius 2 is 1.53 bits per heavy atom. The van der Waals surface area contributed by atoms with Gasteiger partial charge in [-0.25, -0.2) is 0 Å². The molecule has 4 rings (SSSR count). The van der Waals surface area contributed by atoms with Gasteiger partial charge in [0.1, 0.15) is 11.5 Å². The van der Waals surface area contributed by atoms with Crippen LogP contribution in [-0.2, 0) is 4.74 Å². The Morgan fingerprint density at radius 1 is 0.833 bits per heavy atom. The monoisotopic (exact) mass is 402 g/mol. The summed E-state index contributed by atoms with van der Waals surface area (Å²) < 4.78 is 11.1. The molecular weight excluding hydrogens is 380 g/mol. The zero-order valence-corrected chi connectivity index (χ0v) is 16.4. The third-order valence-corrected chi connectivity index (χ3v) is 4.78. The summed E-state index contributed by atoms with van der Waals surface area (Å²) in [6.45, 7) is 2.13. The van der Waals surface area contributed by atoms with Gasteiger partial charge in [0, 0.05) is 18.7 Å². The number of benzene rings is 3. The van der Waals surface area contributed by atoms with Crippen molar-refractivity contribution in [3.63, 3.8) is 0 Å². The average molecular weight is 402 g/mol. The summed E-state index contributed by atoms with van der Waals surface area (Å²) in [5.74, 6) is 0.828. The fourth-order valence-electron chi connectivity index (χ4n) is 3.24. The van der Waals surface area contributed by atoms with E-state index in [0.717, 1.165) is 0 Å². The third kappa shape index (κ3) is 4.67. The van der Waals surface area contributed by atoms with Crippen LogP contribution in [0.4, 0.5) is 5.69 Å². The van der Waals surface area contributed by atoms with Crippen molar-refractivity contribution >= 4 is 17.5 Å². The van der Waals surface area contributed by atoms with Gasteiger partial charge in [-0.2, -0.15) is 0 Å². The molecule has 0 atom stereocenters. The van der Waals surface area contributed by atoms with Crippen LogP contribution in [0.1, 0.15) is 20.7 Å². The summed E-state index contributed by atoms with van der Waals surface area (Å²) >= 11 is 0. The number of hydrogen-bond acceptors (Lipinski definition) is 4. The summed E-state index contributed by atoms with van der Waals surface area (Å²) in [4.78, 5) is 27.5. The molecule has 1 heterocycles. The van der Waals surface area contributed by atoms with E-state index >= 15 is 0 Å². The Balaban J connectivity index is 1.50. The third-order valence-electron chi connectivity index (χ3n) is 4.78. The van der Waals surface area contributed by atoms with E-state index in [-0.39, 0.29) is 11.8 Å². The van der Waals surface area contributed by atoms with E-state index in [0.29, 0.717) is 54.6 Å². The highest BCUT2D eigenvalue weighted by Crippen LogP contribution is 2.23. The molecule has 1 fully saturated rings. The molecular formula is C24H22N2O4. The quantitative estimate of drug-likeness (QED) is 0.694. The second-order valence-corrected chi connectivity index (χ2v) is 6.85. The van der Waals surface area contributed by atoms with Crippen molar-refractivity contribution < 1.29 is 19.1 Å². The largest absolute Gasteiger partial charge is 0.457 e. The highest BCUT2D eigenvalue weighted by molar-refractivity contribution is 6.09. The Bertz CT molecular complexity index is 1030. The van der Waals surface area contributed by atoms with Crippen LogP contribution in [-0.4, -0.2) is 43.0 Å². The molecule has 6 nitrogen and oxygen atoms in total. The number of nitrogens with one attached hydrogen (secondary N) is 1. The van der Waals surface area contributed by atoms with E-state index in [4.69, 9.17) is 9.47 Å². The number of ether oxygens (including phenoxy) is 2. The van der Waals surface area contributed by atoms with E-state index in [1.54, 1.807) is 53.4 Å². The number of carbonyl (C=O) groups is 2. The standard InChI is InChI=1S/C24H22N2O4/c27-23(18-7-6-10-20(17-18)30-19-8-2-1-3-9-19)25-22-12-5-4-11-21(22)24(28)26-13-15-29-16-14-26/h1-12,17H,13-16H2,(H,25,27). The smallest absolute Gasteiger partial charge is 0.256 e. The zero-order valence-electron chi connectivity index (χ0n) is 16.4. The van der Waals surface area contributed by atoms with Crippen molar-refractivity contribution in [2.75, 3.05) is 31.6 Å². The van der Waals surface area contributed by atoms with E-state index in [2.05, 4.69) is 5.32 Å². The van der Waals surface area contributed by atoms with Gasteiger partial charge < -0.3 is 19.7 Å². The molecule has 2 amide bonds. The van der Waals surface area contributed by atoms with E-state index < -0.39 is 0 Å². The summed E-state index contributed by atoms with van der Waals surface area (Å²) in [6.07, 6.45) is 0. The molecule has 3 aromatic rings. The Kier molecular flexibility index (Phi) is 6.06. The minimum absolute atomic E-state index is 0.115. The highest BCUT2D eigenvalue weighted by atomic mass is 16.5. The Labute approximate surface area is 175 Å². The van der Waals surface area contributed by atoms with Crippen molar-refractivity contribution in [3.8, 4) is 11.5 Å². The lowest BCUT2D eigenvalue weighted by Crippen LogP contribution is -2.41. The SMILES string of the molecule is O=C(Nc1ccccc1C(=O)N1CCOCC1)c1cccc(Oc2ccccc2)c1. The van der Waals surface area contributed by atoms with Crippen molar-refractivity contribution in [1.29, 1.82) is 0 Å². The number of nitrogens with zero attached hydrogens (tertiary/aromatic N) is 1. The van der Waals surface area contributed by atoms with Crippen LogP contribution in [0.3, 0.4) is 0 Å². The summed E-state index contributed by atoms with van der Waals surface area (Å²) in [5, 5.41) is 2.86. The molecule has 0 spiro atoms. The van der Waals surface area contributed by atoms with Crippen LogP contribution in [0.5, 0.6) is 11.5 Å². The Hall–Kier alpha value is -3.64. The maximum atomic E-state index is 12.9. The highest BCUT2D eigenvalue weighted by Gasteiger charge is 2.21. The number of rotatable bonds is 5. The number of morpholine rings is 1. The normalized spacial score (nSPS) is 13.5. The fraction of sp³-hybridized carbons (Fsp3) is 0.167. The van der Waals surface area contributed by atoms with Gasteiger partial charge in [0.05, 0.1) is 24.5 Å². The molecule has 30 heavy (non-hydrogen) atoms. The first-order valence-corrected chi connectivity index (χ1v) is 9.81. The fourth-order valence-corrected chi connectivity index (χ4v) is 3.24. The molecule has 1 aliphatic heterocycles. The van der Waals surface area contributed by atoms with Crippen LogP contribution in [0.2, 0.25) is 0 Å². The first-order chi connectivity index (χ1) is 14.7. The molecule has 1 aliphatic rings. The van der Waals surface area contributed by atoms with Gasteiger partial charge >= 0.3 is 0 Å². The second kappa shape index (κ2) is 9.24. The lowest BCUT2D eigenvalue weighted by atomic mass is 10.1. The van der Waals surface area contributed by atoms with Crippen molar-refractivity contribution in [1.82, 2.24) is 4.90 Å². The lowest BCUT2D eigenvalue weighted by Gasteiger charge is -2.27. The van der Waals surface area contributed by atoms with Crippen molar-refractivity contribution in [2.24, 2.45) is 0 Å². The topological polar surface area (TPSA) is 67.9 Å². The number of amides is 2. The van der Waals surface area contributed by atoms with Crippen LogP contribution in [0.25, 0.3) is 0 Å². The first kappa shape index (κ1) is 19.7. The number of carbonyl (C=O) groups excluding carboxylic acids is 2. The molecule has 0 unspecified atom stereocenters. The maximum absolute atomic E-state index is 12.9. The molecule has 0 bridgehead atoms. The van der Waals surface area contributed by atoms with Gasteiger partial charge in [-0.05, 0) is 42.5 Å². The van der Waals surface area contributed by atoms with Gasteiger partial charge in [0.2, 0.25) is 0 Å². The minimum Gasteiger partial charge on any atom is -0.457 e. The van der Waals surface area contributed by atoms with Gasteiger partial charge in [-0.1, -0.05) is 36.4 Å².